The van der Waals surface area contributed by atoms with E-state index in [1.54, 1.807) is 44.7 Å². The molecule has 148 valence electrons. The summed E-state index contributed by atoms with van der Waals surface area (Å²) in [5, 5.41) is 3.25. The van der Waals surface area contributed by atoms with Crippen LogP contribution in [-0.4, -0.2) is 32.1 Å². The predicted molar refractivity (Wildman–Crippen MR) is 113 cm³/mol. The Labute approximate surface area is 169 Å². The van der Waals surface area contributed by atoms with Crippen molar-refractivity contribution in [3.63, 3.8) is 0 Å². The van der Waals surface area contributed by atoms with Crippen molar-refractivity contribution >= 4 is 23.4 Å². The molecule has 0 unspecified atom stereocenters. The van der Waals surface area contributed by atoms with E-state index in [1.807, 2.05) is 36.4 Å². The number of methoxy groups -OCH3 is 3. The van der Waals surface area contributed by atoms with Crippen molar-refractivity contribution in [2.24, 2.45) is 0 Å². The van der Waals surface area contributed by atoms with Crippen molar-refractivity contribution in [3.05, 3.63) is 78.0 Å². The van der Waals surface area contributed by atoms with Crippen molar-refractivity contribution in [1.82, 2.24) is 4.98 Å². The number of nitrogens with one attached hydrogen (secondary N) is 1. The van der Waals surface area contributed by atoms with Crippen LogP contribution in [0.5, 0.6) is 17.2 Å². The molecule has 29 heavy (non-hydrogen) atoms. The van der Waals surface area contributed by atoms with Crippen molar-refractivity contribution < 1.29 is 19.0 Å². The number of ether oxygens (including phenoxy) is 3. The zero-order valence-electron chi connectivity index (χ0n) is 16.5. The standard InChI is InChI=1S/C23H22N2O4/c1-27-19-10-8-18(9-11-19)25-23-16(5-4-14-24-23)6-12-20(26)17-7-13-21(28-2)22(15-17)29-3/h4-15H,1-3H3,(H,24,25)/b12-6+. The van der Waals surface area contributed by atoms with Crippen LogP contribution in [0.25, 0.3) is 6.08 Å². The summed E-state index contributed by atoms with van der Waals surface area (Å²) in [6.07, 6.45) is 4.94. The van der Waals surface area contributed by atoms with Crippen LogP contribution in [-0.2, 0) is 0 Å². The highest BCUT2D eigenvalue weighted by molar-refractivity contribution is 6.07. The Morgan fingerprint density at radius 2 is 1.69 bits per heavy atom. The maximum absolute atomic E-state index is 12.6. The highest BCUT2D eigenvalue weighted by atomic mass is 16.5. The lowest BCUT2D eigenvalue weighted by Crippen LogP contribution is -1.98. The summed E-state index contributed by atoms with van der Waals surface area (Å²) in [6.45, 7) is 0. The minimum atomic E-state index is -0.148. The molecule has 6 nitrogen and oxygen atoms in total. The van der Waals surface area contributed by atoms with Crippen LogP contribution >= 0.6 is 0 Å². The third kappa shape index (κ3) is 4.93. The molecule has 0 amide bonds. The number of hydrogen-bond donors (Lipinski definition) is 1. The largest absolute Gasteiger partial charge is 0.497 e. The lowest BCUT2D eigenvalue weighted by Gasteiger charge is -2.09. The summed E-state index contributed by atoms with van der Waals surface area (Å²) in [5.74, 6) is 2.36. The van der Waals surface area contributed by atoms with E-state index in [9.17, 15) is 4.79 Å². The number of hydrogen-bond acceptors (Lipinski definition) is 6. The molecule has 3 aromatic rings. The molecule has 0 radical (unpaired) electrons. The van der Waals surface area contributed by atoms with Crippen molar-refractivity contribution in [1.29, 1.82) is 0 Å². The maximum atomic E-state index is 12.6. The molecular formula is C23H22N2O4. The topological polar surface area (TPSA) is 69.7 Å². The summed E-state index contributed by atoms with van der Waals surface area (Å²) < 4.78 is 15.6. The zero-order valence-corrected chi connectivity index (χ0v) is 16.5. The van der Waals surface area contributed by atoms with Gasteiger partial charge in [-0.3, -0.25) is 4.79 Å². The first-order chi connectivity index (χ1) is 14.1. The molecule has 2 aromatic carbocycles. The fourth-order valence-corrected chi connectivity index (χ4v) is 2.72. The van der Waals surface area contributed by atoms with Gasteiger partial charge in [-0.25, -0.2) is 4.98 Å². The van der Waals surface area contributed by atoms with Crippen molar-refractivity contribution in [3.8, 4) is 17.2 Å². The number of anilines is 2. The highest BCUT2D eigenvalue weighted by Gasteiger charge is 2.09. The molecule has 0 spiro atoms. The lowest BCUT2D eigenvalue weighted by atomic mass is 10.1. The number of ketones is 1. The Hall–Kier alpha value is -3.80. The second-order valence-corrected chi connectivity index (χ2v) is 6.06. The van der Waals surface area contributed by atoms with Crippen molar-refractivity contribution in [2.45, 2.75) is 0 Å². The maximum Gasteiger partial charge on any atom is 0.185 e. The molecule has 1 aromatic heterocycles. The van der Waals surface area contributed by atoms with Gasteiger partial charge in [0.2, 0.25) is 0 Å². The summed E-state index contributed by atoms with van der Waals surface area (Å²) in [6, 6.07) is 16.3. The number of carbonyl (C=O) groups is 1. The van der Waals surface area contributed by atoms with Gasteiger partial charge in [0.1, 0.15) is 11.6 Å². The third-order valence-electron chi connectivity index (χ3n) is 4.27. The smallest absolute Gasteiger partial charge is 0.185 e. The van der Waals surface area contributed by atoms with Gasteiger partial charge in [0.25, 0.3) is 0 Å². The Balaban J connectivity index is 1.79. The highest BCUT2D eigenvalue weighted by Crippen LogP contribution is 2.28. The molecule has 1 N–H and O–H groups in total. The van der Waals surface area contributed by atoms with Gasteiger partial charge in [0.05, 0.1) is 21.3 Å². The van der Waals surface area contributed by atoms with Gasteiger partial charge in [-0.1, -0.05) is 0 Å². The molecule has 0 bridgehead atoms. The van der Waals surface area contributed by atoms with E-state index in [2.05, 4.69) is 10.3 Å². The minimum Gasteiger partial charge on any atom is -0.497 e. The molecular weight excluding hydrogens is 368 g/mol. The number of allylic oxidation sites excluding steroid dienone is 1. The molecule has 6 heteroatoms. The van der Waals surface area contributed by atoms with E-state index < -0.39 is 0 Å². The summed E-state index contributed by atoms with van der Waals surface area (Å²) in [7, 11) is 4.72. The summed E-state index contributed by atoms with van der Waals surface area (Å²) >= 11 is 0. The van der Waals surface area contributed by atoms with E-state index in [0.717, 1.165) is 17.0 Å². The lowest BCUT2D eigenvalue weighted by molar-refractivity contribution is 0.104. The number of pyridine rings is 1. The normalized spacial score (nSPS) is 10.6. The molecule has 0 aliphatic heterocycles. The van der Waals surface area contributed by atoms with E-state index in [-0.39, 0.29) is 5.78 Å². The van der Waals surface area contributed by atoms with Gasteiger partial charge in [-0.2, -0.15) is 0 Å². The van der Waals surface area contributed by atoms with Crippen LogP contribution in [0.4, 0.5) is 11.5 Å². The molecule has 0 saturated carbocycles. The van der Waals surface area contributed by atoms with E-state index in [1.165, 1.54) is 13.2 Å². The number of carbonyl (C=O) groups excluding carboxylic acids is 1. The summed E-state index contributed by atoms with van der Waals surface area (Å²) in [4.78, 5) is 17.0. The second-order valence-electron chi connectivity index (χ2n) is 6.06. The Morgan fingerprint density at radius 3 is 2.38 bits per heavy atom. The van der Waals surface area contributed by atoms with E-state index >= 15 is 0 Å². The quantitative estimate of drug-likeness (QED) is 0.442. The molecule has 0 fully saturated rings. The molecule has 1 heterocycles. The predicted octanol–water partition coefficient (Wildman–Crippen LogP) is 4.75. The first-order valence-electron chi connectivity index (χ1n) is 8.95. The van der Waals surface area contributed by atoms with E-state index in [0.29, 0.717) is 22.9 Å². The number of benzene rings is 2. The summed E-state index contributed by atoms with van der Waals surface area (Å²) in [5.41, 5.74) is 2.16. The monoisotopic (exact) mass is 390 g/mol. The number of rotatable bonds is 8. The Bertz CT molecular complexity index is 1010. The number of aromatic nitrogens is 1. The Kier molecular flexibility index (Phi) is 6.47. The van der Waals surface area contributed by atoms with Crippen LogP contribution in [0.3, 0.4) is 0 Å². The molecule has 0 aliphatic carbocycles. The molecule has 0 saturated heterocycles. The Morgan fingerprint density at radius 1 is 0.931 bits per heavy atom. The average Bonchev–Trinajstić information content (AvgIpc) is 2.78. The molecule has 0 aliphatic rings. The van der Waals surface area contributed by atoms with Crippen LogP contribution in [0.1, 0.15) is 15.9 Å². The van der Waals surface area contributed by atoms with Gasteiger partial charge >= 0.3 is 0 Å². The first kappa shape index (κ1) is 19.9. The van der Waals surface area contributed by atoms with Gasteiger partial charge in [-0.15, -0.1) is 0 Å². The van der Waals surface area contributed by atoms with Gasteiger partial charge in [0, 0.05) is 23.0 Å². The van der Waals surface area contributed by atoms with Gasteiger partial charge in [-0.05, 0) is 66.7 Å². The van der Waals surface area contributed by atoms with Crippen LogP contribution in [0, 0.1) is 0 Å². The second kappa shape index (κ2) is 9.41. The van der Waals surface area contributed by atoms with Crippen LogP contribution < -0.4 is 19.5 Å². The fraction of sp³-hybridized carbons (Fsp3) is 0.130. The SMILES string of the molecule is COc1ccc(Nc2ncccc2/C=C/C(=O)c2ccc(OC)c(OC)c2)cc1. The molecule has 3 rings (SSSR count). The van der Waals surface area contributed by atoms with E-state index in [4.69, 9.17) is 14.2 Å². The third-order valence-corrected chi connectivity index (χ3v) is 4.27. The first-order valence-corrected chi connectivity index (χ1v) is 8.95. The van der Waals surface area contributed by atoms with Crippen LogP contribution in [0.15, 0.2) is 66.9 Å². The minimum absolute atomic E-state index is 0.148. The average molecular weight is 390 g/mol. The van der Waals surface area contributed by atoms with Gasteiger partial charge < -0.3 is 19.5 Å². The number of nitrogens with zero attached hydrogens (tertiary/aromatic N) is 1. The van der Waals surface area contributed by atoms with Crippen LogP contribution in [0.2, 0.25) is 0 Å². The van der Waals surface area contributed by atoms with Gasteiger partial charge in [0.15, 0.2) is 17.3 Å². The van der Waals surface area contributed by atoms with Crippen molar-refractivity contribution in [2.75, 3.05) is 26.6 Å². The fourth-order valence-electron chi connectivity index (χ4n) is 2.72. The zero-order chi connectivity index (χ0) is 20.6. The molecule has 0 atom stereocenters.